The zero-order valence-corrected chi connectivity index (χ0v) is 19.3. The zero-order chi connectivity index (χ0) is 22.7. The van der Waals surface area contributed by atoms with Gasteiger partial charge in [0.25, 0.3) is 0 Å². The SMILES string of the molecule is Cc1ccc(NC(=O)C2CCC(CNS(=O)(=O)c3cccc4cccnc34)CC2)cc1C. The van der Waals surface area contributed by atoms with Crippen LogP contribution in [0.15, 0.2) is 59.6 Å². The van der Waals surface area contributed by atoms with Gasteiger partial charge in [-0.3, -0.25) is 9.78 Å². The van der Waals surface area contributed by atoms with E-state index in [2.05, 4.69) is 15.0 Å². The van der Waals surface area contributed by atoms with Crippen LogP contribution in [0.2, 0.25) is 0 Å². The normalized spacial score (nSPS) is 19.1. The van der Waals surface area contributed by atoms with E-state index in [4.69, 9.17) is 0 Å². The molecular weight excluding hydrogens is 422 g/mol. The van der Waals surface area contributed by atoms with Crippen molar-refractivity contribution in [3.05, 3.63) is 65.9 Å². The fraction of sp³-hybridized carbons (Fsp3) is 0.360. The van der Waals surface area contributed by atoms with Crippen LogP contribution >= 0.6 is 0 Å². The Labute approximate surface area is 189 Å². The minimum absolute atomic E-state index is 0.0354. The molecule has 1 heterocycles. The molecule has 32 heavy (non-hydrogen) atoms. The first-order valence-electron chi connectivity index (χ1n) is 11.0. The van der Waals surface area contributed by atoms with E-state index in [1.54, 1.807) is 24.4 Å². The molecule has 6 nitrogen and oxygen atoms in total. The topological polar surface area (TPSA) is 88.2 Å². The first-order valence-corrected chi connectivity index (χ1v) is 12.5. The average molecular weight is 452 g/mol. The summed E-state index contributed by atoms with van der Waals surface area (Å²) >= 11 is 0. The van der Waals surface area contributed by atoms with E-state index >= 15 is 0 Å². The molecular formula is C25H29N3O3S. The first kappa shape index (κ1) is 22.4. The molecule has 0 saturated heterocycles. The number of aromatic nitrogens is 1. The summed E-state index contributed by atoms with van der Waals surface area (Å²) in [6, 6.07) is 14.8. The molecule has 2 N–H and O–H groups in total. The Morgan fingerprint density at radius 2 is 1.75 bits per heavy atom. The number of nitrogens with zero attached hydrogens (tertiary/aromatic N) is 1. The van der Waals surface area contributed by atoms with Gasteiger partial charge in [0.15, 0.2) is 0 Å². The highest BCUT2D eigenvalue weighted by Crippen LogP contribution is 2.30. The molecule has 1 aliphatic rings. The maximum absolute atomic E-state index is 12.9. The number of hydrogen-bond acceptors (Lipinski definition) is 4. The third kappa shape index (κ3) is 5.00. The lowest BCUT2D eigenvalue weighted by Crippen LogP contribution is -2.33. The Morgan fingerprint density at radius 3 is 2.50 bits per heavy atom. The number of sulfonamides is 1. The number of benzene rings is 2. The van der Waals surface area contributed by atoms with Crippen LogP contribution in [0.25, 0.3) is 10.9 Å². The number of hydrogen-bond donors (Lipinski definition) is 2. The summed E-state index contributed by atoms with van der Waals surface area (Å²) in [6.07, 6.45) is 4.77. The van der Waals surface area contributed by atoms with Gasteiger partial charge in [0.2, 0.25) is 15.9 Å². The zero-order valence-electron chi connectivity index (χ0n) is 18.5. The Kier molecular flexibility index (Phi) is 6.58. The molecule has 1 aromatic heterocycles. The van der Waals surface area contributed by atoms with Crippen molar-refractivity contribution >= 4 is 32.5 Å². The van der Waals surface area contributed by atoms with Gasteiger partial charge in [-0.2, -0.15) is 0 Å². The standard InChI is InChI=1S/C25H29N3O3S/c1-17-8-13-22(15-18(17)2)28-25(29)21-11-9-19(10-12-21)16-27-32(30,31)23-7-3-5-20-6-4-14-26-24(20)23/h3-8,13-15,19,21,27H,9-12,16H2,1-2H3,(H,28,29). The second-order valence-corrected chi connectivity index (χ2v) is 10.4. The minimum atomic E-state index is -3.66. The van der Waals surface area contributed by atoms with E-state index in [-0.39, 0.29) is 22.6 Å². The van der Waals surface area contributed by atoms with E-state index in [1.165, 1.54) is 5.56 Å². The summed E-state index contributed by atoms with van der Waals surface area (Å²) in [4.78, 5) is 17.1. The summed E-state index contributed by atoms with van der Waals surface area (Å²) < 4.78 is 28.6. The van der Waals surface area contributed by atoms with Crippen LogP contribution in [0, 0.1) is 25.7 Å². The van der Waals surface area contributed by atoms with Crippen molar-refractivity contribution in [1.29, 1.82) is 0 Å². The van der Waals surface area contributed by atoms with Gasteiger partial charge in [0.1, 0.15) is 4.90 Å². The molecule has 1 aliphatic carbocycles. The summed E-state index contributed by atoms with van der Waals surface area (Å²) in [5, 5.41) is 3.83. The van der Waals surface area contributed by atoms with Crippen LogP contribution in [0.3, 0.4) is 0 Å². The minimum Gasteiger partial charge on any atom is -0.326 e. The third-order valence-electron chi connectivity index (χ3n) is 6.44. The lowest BCUT2D eigenvalue weighted by Gasteiger charge is -2.28. The summed E-state index contributed by atoms with van der Waals surface area (Å²) in [5.41, 5.74) is 3.66. The van der Waals surface area contributed by atoms with E-state index in [0.29, 0.717) is 12.1 Å². The molecule has 3 aromatic rings. The van der Waals surface area contributed by atoms with Crippen LogP contribution in [-0.2, 0) is 14.8 Å². The molecule has 1 fully saturated rings. The van der Waals surface area contributed by atoms with Crippen LogP contribution in [-0.4, -0.2) is 25.9 Å². The highest BCUT2D eigenvalue weighted by Gasteiger charge is 2.28. The van der Waals surface area contributed by atoms with Gasteiger partial charge in [0.05, 0.1) is 5.52 Å². The molecule has 1 amide bonds. The van der Waals surface area contributed by atoms with Crippen LogP contribution < -0.4 is 10.0 Å². The van der Waals surface area contributed by atoms with E-state index in [1.807, 2.05) is 44.2 Å². The van der Waals surface area contributed by atoms with Crippen LogP contribution in [0.1, 0.15) is 36.8 Å². The van der Waals surface area contributed by atoms with Gasteiger partial charge in [-0.1, -0.05) is 24.3 Å². The molecule has 2 aromatic carbocycles. The third-order valence-corrected chi connectivity index (χ3v) is 7.89. The fourth-order valence-electron chi connectivity index (χ4n) is 4.29. The highest BCUT2D eigenvalue weighted by atomic mass is 32.2. The van der Waals surface area contributed by atoms with Gasteiger partial charge in [0, 0.05) is 29.7 Å². The molecule has 0 atom stereocenters. The van der Waals surface area contributed by atoms with Crippen LogP contribution in [0.4, 0.5) is 5.69 Å². The lowest BCUT2D eigenvalue weighted by molar-refractivity contribution is -0.121. The van der Waals surface area contributed by atoms with E-state index in [0.717, 1.165) is 42.3 Å². The van der Waals surface area contributed by atoms with Crippen molar-refractivity contribution in [3.63, 3.8) is 0 Å². The van der Waals surface area contributed by atoms with E-state index in [9.17, 15) is 13.2 Å². The Bertz CT molecular complexity index is 1230. The molecule has 1 saturated carbocycles. The Balaban J connectivity index is 1.32. The van der Waals surface area contributed by atoms with Gasteiger partial charge >= 0.3 is 0 Å². The summed E-state index contributed by atoms with van der Waals surface area (Å²) in [6.45, 7) is 4.45. The number of pyridine rings is 1. The van der Waals surface area contributed by atoms with Crippen molar-refractivity contribution in [3.8, 4) is 0 Å². The van der Waals surface area contributed by atoms with Gasteiger partial charge in [-0.05, 0) is 80.8 Å². The number of carbonyl (C=O) groups is 1. The molecule has 168 valence electrons. The van der Waals surface area contributed by atoms with Gasteiger partial charge in [-0.15, -0.1) is 0 Å². The lowest BCUT2D eigenvalue weighted by atomic mass is 9.81. The fourth-order valence-corrected chi connectivity index (χ4v) is 5.58. The summed E-state index contributed by atoms with van der Waals surface area (Å²) in [5.74, 6) is 0.235. The predicted octanol–water partition coefficient (Wildman–Crippen LogP) is 4.58. The number of amides is 1. The molecule has 4 rings (SSSR count). The number of carbonyl (C=O) groups excluding carboxylic acids is 1. The number of nitrogens with one attached hydrogen (secondary N) is 2. The summed E-state index contributed by atoms with van der Waals surface area (Å²) in [7, 11) is -3.66. The Morgan fingerprint density at radius 1 is 1.00 bits per heavy atom. The van der Waals surface area contributed by atoms with Crippen molar-refractivity contribution in [2.24, 2.45) is 11.8 Å². The predicted molar refractivity (Wildman–Crippen MR) is 127 cm³/mol. The molecule has 0 radical (unpaired) electrons. The molecule has 7 heteroatoms. The van der Waals surface area contributed by atoms with E-state index < -0.39 is 10.0 Å². The number of fused-ring (bicyclic) bond motifs is 1. The maximum Gasteiger partial charge on any atom is 0.242 e. The molecule has 0 bridgehead atoms. The second kappa shape index (κ2) is 9.38. The second-order valence-electron chi connectivity index (χ2n) is 8.69. The van der Waals surface area contributed by atoms with Crippen molar-refractivity contribution < 1.29 is 13.2 Å². The number of aryl methyl sites for hydroxylation is 2. The molecule has 0 spiro atoms. The van der Waals surface area contributed by atoms with Crippen molar-refractivity contribution in [2.45, 2.75) is 44.4 Å². The highest BCUT2D eigenvalue weighted by molar-refractivity contribution is 7.89. The smallest absolute Gasteiger partial charge is 0.242 e. The first-order chi connectivity index (χ1) is 15.3. The van der Waals surface area contributed by atoms with Crippen molar-refractivity contribution in [1.82, 2.24) is 9.71 Å². The molecule has 0 unspecified atom stereocenters. The van der Waals surface area contributed by atoms with Gasteiger partial charge in [-0.25, -0.2) is 13.1 Å². The quantitative estimate of drug-likeness (QED) is 0.574. The van der Waals surface area contributed by atoms with Gasteiger partial charge < -0.3 is 5.32 Å². The molecule has 0 aliphatic heterocycles. The van der Waals surface area contributed by atoms with Crippen LogP contribution in [0.5, 0.6) is 0 Å². The van der Waals surface area contributed by atoms with Crippen molar-refractivity contribution in [2.75, 3.05) is 11.9 Å². The maximum atomic E-state index is 12.9. The Hall–Kier alpha value is -2.77. The number of para-hydroxylation sites is 1. The number of anilines is 1. The monoisotopic (exact) mass is 451 g/mol. The largest absolute Gasteiger partial charge is 0.326 e. The average Bonchev–Trinajstić information content (AvgIpc) is 2.80. The number of rotatable bonds is 6.